The van der Waals surface area contributed by atoms with Gasteiger partial charge in [0.1, 0.15) is 0 Å². The first-order valence-electron chi connectivity index (χ1n) is 25.7. The van der Waals surface area contributed by atoms with Crippen molar-refractivity contribution < 1.29 is 178 Å². The molecule has 0 bridgehead atoms. The van der Waals surface area contributed by atoms with Gasteiger partial charge in [0, 0.05) is 20.8 Å². The number of alkyl halides is 27. The van der Waals surface area contributed by atoms with Crippen LogP contribution in [0, 0.1) is 39.4 Å². The average molecular weight is 1800 g/mol. The van der Waals surface area contributed by atoms with Crippen LogP contribution in [-0.4, -0.2) is 73.9 Å². The van der Waals surface area contributed by atoms with Gasteiger partial charge >= 0.3 is 73.7 Å². The zero-order valence-corrected chi connectivity index (χ0v) is 58.1. The average Bonchev–Trinajstić information content (AvgIpc) is 0.772. The van der Waals surface area contributed by atoms with Gasteiger partial charge in [-0.05, 0) is 152 Å². The summed E-state index contributed by atoms with van der Waals surface area (Å²) in [5.41, 5.74) is -26.1. The van der Waals surface area contributed by atoms with Gasteiger partial charge in [-0.2, -0.15) is 134 Å². The first-order chi connectivity index (χ1) is 45.3. The molecule has 46 heteroatoms. The molecule has 6 aromatic rings. The standard InChI is InChI=1S/C47H33F18P3.3C2H3N.3CHF3O3S.Ir/c1-41(26-66(35-14-2-8-29(20-35)42(48,49)50)36-15-3-9-30(21-36)43(51,52)53,27-67(37-16-4-10-31(22-37)44(54,55)56)38-17-5-11-32(23-38)45(57,58)59)28-68(39-18-6-12-33(24-39)46(60,61)62)40-19-7-13-34(25-40)47(63,64)65;3*1-2-3;3*2-1(3,4)8(5,6)7;/h2-25H,26-28H2,1H3;3*1H3;3*(H,5,6,7);/q;;;;;;;+3/p-3. The van der Waals surface area contributed by atoms with Crippen molar-refractivity contribution in [3.63, 3.8) is 0 Å². The predicted molar refractivity (Wildman–Crippen MR) is 311 cm³/mol. The summed E-state index contributed by atoms with van der Waals surface area (Å²) in [4.78, 5) is 0. The molecule has 0 unspecified atom stereocenters. The summed E-state index contributed by atoms with van der Waals surface area (Å²) in [5.74, 6) is 0. The van der Waals surface area contributed by atoms with Crippen LogP contribution in [0.15, 0.2) is 146 Å². The number of rotatable bonds is 12. The van der Waals surface area contributed by atoms with Crippen molar-refractivity contribution in [2.24, 2.45) is 5.41 Å². The molecule has 6 rings (SSSR count). The van der Waals surface area contributed by atoms with Gasteiger partial charge in [-0.1, -0.05) is 79.7 Å². The minimum Gasteiger partial charge on any atom is -0.741 e. The Morgan fingerprint density at radius 1 is 0.304 bits per heavy atom. The fourth-order valence-electron chi connectivity index (χ4n) is 7.39. The van der Waals surface area contributed by atoms with Gasteiger partial charge in [0.25, 0.3) is 0 Å². The Bertz CT molecular complexity index is 3580. The van der Waals surface area contributed by atoms with Crippen molar-refractivity contribution in [2.75, 3.05) is 18.5 Å². The van der Waals surface area contributed by atoms with Gasteiger partial charge in [-0.25, -0.2) is 25.3 Å². The van der Waals surface area contributed by atoms with E-state index in [1.54, 1.807) is 18.2 Å². The van der Waals surface area contributed by atoms with Crippen molar-refractivity contribution in [3.05, 3.63) is 179 Å². The van der Waals surface area contributed by atoms with E-state index in [-0.39, 0.29) is 51.9 Å². The van der Waals surface area contributed by atoms with Crippen molar-refractivity contribution in [3.8, 4) is 18.2 Å². The number of nitriles is 3. The summed E-state index contributed by atoms with van der Waals surface area (Å²) in [6.07, 6.45) is -31.6. The zero-order chi connectivity index (χ0) is 79.4. The first kappa shape index (κ1) is 97.6. The Labute approximate surface area is 579 Å². The second-order valence-corrected chi connectivity index (χ2v) is 30.0. The maximum Gasteiger partial charge on any atom is 3.00 e. The van der Waals surface area contributed by atoms with E-state index in [1.807, 2.05) is 0 Å². The summed E-state index contributed by atoms with van der Waals surface area (Å²) >= 11 is 0. The van der Waals surface area contributed by atoms with Gasteiger partial charge in [0.15, 0.2) is 30.4 Å². The Hall–Kier alpha value is -6.43. The predicted octanol–water partition coefficient (Wildman–Crippen LogP) is 16.2. The van der Waals surface area contributed by atoms with E-state index in [1.165, 1.54) is 64.1 Å². The monoisotopic (exact) mass is 1800 g/mol. The molecular formula is C56H42F27IrN3O9P3S3. The topological polar surface area (TPSA) is 243 Å². The number of nitrogens with zero attached hydrogens (tertiary/aromatic N) is 3. The van der Waals surface area contributed by atoms with E-state index < -0.39 is 165 Å². The molecule has 12 nitrogen and oxygen atoms in total. The maximum atomic E-state index is 14.3. The van der Waals surface area contributed by atoms with Gasteiger partial charge < -0.3 is 13.7 Å². The fourth-order valence-corrected chi connectivity index (χ4v) is 16.2. The van der Waals surface area contributed by atoms with Gasteiger partial charge in [-0.3, -0.25) is 0 Å². The fraction of sp³-hybridized carbons (Fsp3) is 0.304. The molecule has 6 aromatic carbocycles. The maximum absolute atomic E-state index is 14.3. The first-order valence-corrected chi connectivity index (χ1v) is 34.5. The van der Waals surface area contributed by atoms with Gasteiger partial charge in [-0.15, -0.1) is 0 Å². The smallest absolute Gasteiger partial charge is 0.741 e. The van der Waals surface area contributed by atoms with Crippen LogP contribution in [0.2, 0.25) is 0 Å². The Morgan fingerprint density at radius 3 is 0.500 bits per heavy atom. The molecule has 0 saturated carbocycles. The summed E-state index contributed by atoms with van der Waals surface area (Å²) in [6, 6.07) is 26.4. The quantitative estimate of drug-likeness (QED) is 0.0481. The largest absolute Gasteiger partial charge is 3.00 e. The molecule has 0 saturated heterocycles. The number of hydrogen-bond donors (Lipinski definition) is 0. The van der Waals surface area contributed by atoms with E-state index in [0.717, 1.165) is 36.4 Å². The van der Waals surface area contributed by atoms with Crippen molar-refractivity contribution >= 4 is 85.9 Å². The third kappa shape index (κ3) is 33.1. The minimum atomic E-state index is -6.09. The number of hydrogen-bond acceptors (Lipinski definition) is 12. The minimum absolute atomic E-state index is 0. The van der Waals surface area contributed by atoms with Crippen LogP contribution >= 0.6 is 23.8 Å². The number of halogens is 27. The Kier molecular flexibility index (Phi) is 36.9. The van der Waals surface area contributed by atoms with E-state index in [4.69, 9.17) is 54.7 Å². The van der Waals surface area contributed by atoms with Crippen molar-refractivity contribution in [2.45, 2.75) is 81.3 Å². The van der Waals surface area contributed by atoms with E-state index in [2.05, 4.69) is 0 Å². The van der Waals surface area contributed by atoms with Crippen LogP contribution in [-0.2, 0) is 87.5 Å². The van der Waals surface area contributed by atoms with Crippen LogP contribution < -0.4 is 31.8 Å². The molecule has 0 N–H and O–H groups in total. The van der Waals surface area contributed by atoms with Crippen LogP contribution in [0.1, 0.15) is 61.1 Å². The van der Waals surface area contributed by atoms with Crippen LogP contribution in [0.4, 0.5) is 119 Å². The second-order valence-electron chi connectivity index (χ2n) is 19.2. The summed E-state index contributed by atoms with van der Waals surface area (Å²) in [7, 11) is -25.8. The molecule has 102 heavy (non-hydrogen) atoms. The summed E-state index contributed by atoms with van der Waals surface area (Å²) < 4.78 is 434. The molecule has 0 aromatic heterocycles. The normalized spacial score (nSPS) is 12.5. The van der Waals surface area contributed by atoms with Gasteiger partial charge in [0.2, 0.25) is 0 Å². The molecular weight excluding hydrogens is 1750 g/mol. The second kappa shape index (κ2) is 38.5. The Morgan fingerprint density at radius 2 is 0.412 bits per heavy atom. The molecule has 0 amide bonds. The van der Waals surface area contributed by atoms with E-state index in [9.17, 15) is 119 Å². The van der Waals surface area contributed by atoms with Crippen molar-refractivity contribution in [1.82, 2.24) is 0 Å². The Balaban J connectivity index is 0. The summed E-state index contributed by atoms with van der Waals surface area (Å²) in [5, 5.41) is 20.8. The van der Waals surface area contributed by atoms with Gasteiger partial charge in [0.05, 0.1) is 51.6 Å². The molecule has 0 atom stereocenters. The molecule has 0 aliphatic carbocycles. The third-order valence-corrected chi connectivity index (χ3v) is 21.7. The summed E-state index contributed by atoms with van der Waals surface area (Å²) in [6.45, 7) is 5.68. The molecule has 0 fully saturated rings. The molecule has 0 aliphatic rings. The van der Waals surface area contributed by atoms with Crippen molar-refractivity contribution in [1.29, 1.82) is 15.8 Å². The van der Waals surface area contributed by atoms with Crippen LogP contribution in [0.3, 0.4) is 0 Å². The SMILES string of the molecule is CC#N.CC#N.CC#N.CC(CP(c1cccc(C(F)(F)F)c1)c1cccc(C(F)(F)F)c1)(CP(c1cccc(C(F)(F)F)c1)c1cccc(C(F)(F)F)c1)CP(c1cccc(C(F)(F)F)c1)c1cccc(C(F)(F)F)c1.O=S(=O)([O-])C(F)(F)F.O=S(=O)([O-])C(F)(F)F.O=S(=O)([O-])C(F)(F)F.[Ir+3]. The zero-order valence-electron chi connectivity index (χ0n) is 50.6. The molecule has 0 aliphatic heterocycles. The molecule has 0 radical (unpaired) electrons. The molecule has 0 spiro atoms. The van der Waals surface area contributed by atoms with E-state index >= 15 is 0 Å². The third-order valence-electron chi connectivity index (χ3n) is 11.4. The number of benzene rings is 6. The molecule has 0 heterocycles. The molecule has 566 valence electrons. The van der Waals surface area contributed by atoms with Crippen LogP contribution in [0.25, 0.3) is 0 Å². The van der Waals surface area contributed by atoms with E-state index in [0.29, 0.717) is 72.8 Å². The van der Waals surface area contributed by atoms with Crippen LogP contribution in [0.5, 0.6) is 0 Å².